The van der Waals surface area contributed by atoms with Crippen molar-refractivity contribution >= 4 is 34.0 Å². The maximum absolute atomic E-state index is 12.5. The molecule has 0 unspecified atom stereocenters. The minimum atomic E-state index is -0.369. The van der Waals surface area contributed by atoms with E-state index in [1.807, 2.05) is 49.4 Å². The number of amides is 1. The fourth-order valence-electron chi connectivity index (χ4n) is 2.95. The number of carbonyl (C=O) groups is 1. The molecule has 0 aliphatic carbocycles. The molecule has 4 aromatic rings. The number of anilines is 1. The van der Waals surface area contributed by atoms with Crippen LogP contribution in [0.3, 0.4) is 0 Å². The molecule has 0 aliphatic rings. The normalized spacial score (nSPS) is 10.7. The van der Waals surface area contributed by atoms with Gasteiger partial charge in [-0.05, 0) is 25.1 Å². The highest BCUT2D eigenvalue weighted by atomic mass is 35.5. The molecule has 1 N–H and O–H groups in total. The van der Waals surface area contributed by atoms with E-state index in [9.17, 15) is 9.59 Å². The summed E-state index contributed by atoms with van der Waals surface area (Å²) in [4.78, 5) is 30.2. The van der Waals surface area contributed by atoms with Crippen LogP contribution < -0.4 is 10.9 Å². The van der Waals surface area contributed by atoms with E-state index < -0.39 is 0 Å². The Labute approximate surface area is 181 Å². The molecule has 0 atom stereocenters. The third-order valence-corrected chi connectivity index (χ3v) is 5.53. The fraction of sp³-hybridized carbons (Fsp3) is 0.0909. The molecule has 0 fully saturated rings. The second-order valence-electron chi connectivity index (χ2n) is 6.56. The van der Waals surface area contributed by atoms with E-state index in [4.69, 9.17) is 11.6 Å². The van der Waals surface area contributed by atoms with Crippen molar-refractivity contribution in [2.75, 3.05) is 5.32 Å². The van der Waals surface area contributed by atoms with E-state index in [0.29, 0.717) is 15.8 Å². The summed E-state index contributed by atoms with van der Waals surface area (Å²) in [5.74, 6) is -0.369. The molecule has 0 aliphatic heterocycles. The predicted molar refractivity (Wildman–Crippen MR) is 120 cm³/mol. The molecule has 2 heterocycles. The minimum Gasteiger partial charge on any atom is -0.300 e. The fourth-order valence-corrected chi connectivity index (χ4v) is 3.92. The summed E-state index contributed by atoms with van der Waals surface area (Å²) >= 11 is 7.32. The SMILES string of the molecule is Cc1sc(NC(=O)Cn2nc(-c3ccccc3)ccc2=O)nc1-c1ccc(Cl)cc1. The van der Waals surface area contributed by atoms with Crippen molar-refractivity contribution < 1.29 is 4.79 Å². The van der Waals surface area contributed by atoms with Crippen LogP contribution in [0.25, 0.3) is 22.5 Å². The van der Waals surface area contributed by atoms with Gasteiger partial charge in [-0.1, -0.05) is 54.1 Å². The van der Waals surface area contributed by atoms with Crippen LogP contribution in [-0.2, 0) is 11.3 Å². The van der Waals surface area contributed by atoms with Gasteiger partial charge in [0.25, 0.3) is 5.56 Å². The Morgan fingerprint density at radius 2 is 1.77 bits per heavy atom. The van der Waals surface area contributed by atoms with Crippen LogP contribution in [-0.4, -0.2) is 20.7 Å². The number of nitrogens with zero attached hydrogens (tertiary/aromatic N) is 3. The van der Waals surface area contributed by atoms with Gasteiger partial charge in [0.2, 0.25) is 5.91 Å². The van der Waals surface area contributed by atoms with Crippen LogP contribution in [0.2, 0.25) is 5.02 Å². The van der Waals surface area contributed by atoms with Gasteiger partial charge in [-0.2, -0.15) is 5.10 Å². The van der Waals surface area contributed by atoms with Crippen molar-refractivity contribution in [1.29, 1.82) is 0 Å². The average Bonchev–Trinajstić information content (AvgIpc) is 3.10. The standard InChI is InChI=1S/C22H17ClN4O2S/c1-14-21(16-7-9-17(23)10-8-16)25-22(30-14)24-19(28)13-27-20(29)12-11-18(26-27)15-5-3-2-4-6-15/h2-12H,13H2,1H3,(H,24,25,28). The molecule has 0 bridgehead atoms. The van der Waals surface area contributed by atoms with Crippen LogP contribution in [0.15, 0.2) is 71.5 Å². The van der Waals surface area contributed by atoms with Gasteiger partial charge in [0.15, 0.2) is 5.13 Å². The highest BCUT2D eigenvalue weighted by molar-refractivity contribution is 7.16. The van der Waals surface area contributed by atoms with Crippen molar-refractivity contribution in [2.24, 2.45) is 0 Å². The second kappa shape index (κ2) is 8.61. The molecular formula is C22H17ClN4O2S. The lowest BCUT2D eigenvalue weighted by Gasteiger charge is -2.07. The molecule has 150 valence electrons. The van der Waals surface area contributed by atoms with Crippen LogP contribution in [0.5, 0.6) is 0 Å². The summed E-state index contributed by atoms with van der Waals surface area (Å²) in [7, 11) is 0. The molecule has 1 amide bonds. The quantitative estimate of drug-likeness (QED) is 0.494. The number of thiazole rings is 1. The Morgan fingerprint density at radius 1 is 1.03 bits per heavy atom. The van der Waals surface area contributed by atoms with Gasteiger partial charge >= 0.3 is 0 Å². The Balaban J connectivity index is 1.51. The van der Waals surface area contributed by atoms with E-state index in [1.165, 1.54) is 17.4 Å². The Hall–Kier alpha value is -3.29. The minimum absolute atomic E-state index is 0.200. The first-order valence-corrected chi connectivity index (χ1v) is 10.4. The Kier molecular flexibility index (Phi) is 5.74. The van der Waals surface area contributed by atoms with Gasteiger partial charge in [0.1, 0.15) is 6.54 Å². The predicted octanol–water partition coefficient (Wildman–Crippen LogP) is 4.63. The largest absolute Gasteiger partial charge is 0.300 e. The van der Waals surface area contributed by atoms with Crippen LogP contribution in [0.4, 0.5) is 5.13 Å². The zero-order valence-corrected chi connectivity index (χ0v) is 17.6. The summed E-state index contributed by atoms with van der Waals surface area (Å²) in [5.41, 5.74) is 2.85. The van der Waals surface area contributed by atoms with Crippen molar-refractivity contribution in [3.8, 4) is 22.5 Å². The molecule has 6 nitrogen and oxygen atoms in total. The lowest BCUT2D eigenvalue weighted by Crippen LogP contribution is -2.29. The molecule has 0 spiro atoms. The highest BCUT2D eigenvalue weighted by Crippen LogP contribution is 2.31. The van der Waals surface area contributed by atoms with E-state index in [2.05, 4.69) is 15.4 Å². The number of hydrogen-bond donors (Lipinski definition) is 1. The molecule has 30 heavy (non-hydrogen) atoms. The molecular weight excluding hydrogens is 420 g/mol. The average molecular weight is 437 g/mol. The maximum Gasteiger partial charge on any atom is 0.267 e. The Morgan fingerprint density at radius 3 is 2.50 bits per heavy atom. The number of halogens is 1. The molecule has 0 saturated carbocycles. The monoisotopic (exact) mass is 436 g/mol. The van der Waals surface area contributed by atoms with Gasteiger partial charge < -0.3 is 5.32 Å². The molecule has 4 rings (SSSR count). The number of nitrogens with one attached hydrogen (secondary N) is 1. The van der Waals surface area contributed by atoms with Crippen LogP contribution >= 0.6 is 22.9 Å². The Bertz CT molecular complexity index is 1250. The zero-order chi connectivity index (χ0) is 21.1. The van der Waals surface area contributed by atoms with Crippen LogP contribution in [0.1, 0.15) is 4.88 Å². The van der Waals surface area contributed by atoms with Crippen molar-refractivity contribution in [1.82, 2.24) is 14.8 Å². The first kappa shape index (κ1) is 20.0. The first-order chi connectivity index (χ1) is 14.5. The van der Waals surface area contributed by atoms with Gasteiger partial charge in [0.05, 0.1) is 11.4 Å². The molecule has 0 saturated heterocycles. The highest BCUT2D eigenvalue weighted by Gasteiger charge is 2.14. The van der Waals surface area contributed by atoms with Gasteiger partial charge in [-0.3, -0.25) is 9.59 Å². The topological polar surface area (TPSA) is 76.9 Å². The summed E-state index contributed by atoms with van der Waals surface area (Å²) in [6.45, 7) is 1.74. The summed E-state index contributed by atoms with van der Waals surface area (Å²) in [6.07, 6.45) is 0. The van der Waals surface area contributed by atoms with Crippen molar-refractivity contribution in [3.63, 3.8) is 0 Å². The first-order valence-electron chi connectivity index (χ1n) is 9.16. The van der Waals surface area contributed by atoms with Crippen LogP contribution in [0, 0.1) is 6.92 Å². The number of aryl methyl sites for hydroxylation is 1. The second-order valence-corrected chi connectivity index (χ2v) is 8.20. The molecule has 2 aromatic heterocycles. The lowest BCUT2D eigenvalue weighted by molar-refractivity contribution is -0.117. The number of rotatable bonds is 5. The smallest absolute Gasteiger partial charge is 0.267 e. The van der Waals surface area contributed by atoms with Gasteiger partial charge in [-0.25, -0.2) is 9.67 Å². The lowest BCUT2D eigenvalue weighted by atomic mass is 10.1. The van der Waals surface area contributed by atoms with Crippen molar-refractivity contribution in [3.05, 3.63) is 87.0 Å². The molecule has 2 aromatic carbocycles. The number of carbonyl (C=O) groups excluding carboxylic acids is 1. The zero-order valence-electron chi connectivity index (χ0n) is 16.0. The van der Waals surface area contributed by atoms with E-state index >= 15 is 0 Å². The third kappa shape index (κ3) is 4.48. The summed E-state index contributed by atoms with van der Waals surface area (Å²) in [5, 5.41) is 8.19. The van der Waals surface area contributed by atoms with E-state index in [1.54, 1.807) is 18.2 Å². The van der Waals surface area contributed by atoms with Gasteiger partial charge in [0, 0.05) is 27.1 Å². The number of aromatic nitrogens is 3. The van der Waals surface area contributed by atoms with E-state index in [-0.39, 0.29) is 18.0 Å². The molecule has 0 radical (unpaired) electrons. The number of benzene rings is 2. The number of hydrogen-bond acceptors (Lipinski definition) is 5. The van der Waals surface area contributed by atoms with Gasteiger partial charge in [-0.15, -0.1) is 11.3 Å². The van der Waals surface area contributed by atoms with E-state index in [0.717, 1.165) is 26.4 Å². The summed E-state index contributed by atoms with van der Waals surface area (Å²) in [6, 6.07) is 19.9. The summed E-state index contributed by atoms with van der Waals surface area (Å²) < 4.78 is 1.15. The maximum atomic E-state index is 12.5. The third-order valence-electron chi connectivity index (χ3n) is 4.39. The van der Waals surface area contributed by atoms with Crippen molar-refractivity contribution in [2.45, 2.75) is 13.5 Å². The molecule has 8 heteroatoms.